The Hall–Kier alpha value is -2.97. The number of imidazole rings is 1. The molecule has 1 aromatic heterocycles. The Morgan fingerprint density at radius 1 is 1.52 bits per heavy atom. The van der Waals surface area contributed by atoms with E-state index >= 15 is 0 Å². The van der Waals surface area contributed by atoms with Gasteiger partial charge in [-0.2, -0.15) is 0 Å². The van der Waals surface area contributed by atoms with Crippen LogP contribution in [0.3, 0.4) is 0 Å². The molecule has 1 aromatic carbocycles. The number of rotatable bonds is 6. The third-order valence-electron chi connectivity index (χ3n) is 2.70. The second kappa shape index (κ2) is 5.99. The van der Waals surface area contributed by atoms with E-state index in [9.17, 15) is 19.3 Å². The number of anilines is 1. The third-order valence-corrected chi connectivity index (χ3v) is 2.70. The van der Waals surface area contributed by atoms with Crippen molar-refractivity contribution in [2.24, 2.45) is 0 Å². The lowest BCUT2D eigenvalue weighted by Gasteiger charge is -2.07. The number of halogens is 1. The zero-order valence-corrected chi connectivity index (χ0v) is 10.7. The minimum atomic E-state index is -1.12. The van der Waals surface area contributed by atoms with Crippen LogP contribution in [0.25, 0.3) is 0 Å². The lowest BCUT2D eigenvalue weighted by atomic mass is 10.2. The molecule has 0 atom stereocenters. The number of nitrogens with one attached hydrogen (secondary N) is 1. The highest BCUT2D eigenvalue weighted by atomic mass is 19.1. The van der Waals surface area contributed by atoms with Crippen molar-refractivity contribution in [3.63, 3.8) is 0 Å². The molecule has 0 aliphatic carbocycles. The molecule has 0 radical (unpaired) electrons. The molecule has 0 spiro atoms. The van der Waals surface area contributed by atoms with Gasteiger partial charge in [0.15, 0.2) is 11.5 Å². The average Bonchev–Trinajstić information content (AvgIpc) is 2.89. The first-order valence-corrected chi connectivity index (χ1v) is 5.90. The van der Waals surface area contributed by atoms with Crippen molar-refractivity contribution in [1.82, 2.24) is 9.55 Å². The fourth-order valence-corrected chi connectivity index (χ4v) is 1.67. The van der Waals surface area contributed by atoms with Gasteiger partial charge >= 0.3 is 5.97 Å². The van der Waals surface area contributed by atoms with E-state index in [0.29, 0.717) is 13.1 Å². The largest absolute Gasteiger partial charge is 0.476 e. The van der Waals surface area contributed by atoms with E-state index in [-0.39, 0.29) is 17.1 Å². The molecule has 2 aromatic rings. The van der Waals surface area contributed by atoms with Gasteiger partial charge in [-0.1, -0.05) is 0 Å². The quantitative estimate of drug-likeness (QED) is 0.620. The average molecular weight is 294 g/mol. The van der Waals surface area contributed by atoms with Crippen LogP contribution in [-0.4, -0.2) is 32.1 Å². The number of non-ortho nitro benzene ring substituents is 1. The van der Waals surface area contributed by atoms with Gasteiger partial charge in [0.05, 0.1) is 23.0 Å². The Morgan fingerprint density at radius 3 is 2.86 bits per heavy atom. The molecule has 0 saturated heterocycles. The summed E-state index contributed by atoms with van der Waals surface area (Å²) in [7, 11) is 0. The lowest BCUT2D eigenvalue weighted by Crippen LogP contribution is -2.10. The van der Waals surface area contributed by atoms with Crippen molar-refractivity contribution < 1.29 is 19.2 Å². The van der Waals surface area contributed by atoms with Gasteiger partial charge in [-0.15, -0.1) is 0 Å². The Kier molecular flexibility index (Phi) is 4.12. The summed E-state index contributed by atoms with van der Waals surface area (Å²) in [6, 6.07) is 3.32. The van der Waals surface area contributed by atoms with Gasteiger partial charge in [-0.25, -0.2) is 14.2 Å². The van der Waals surface area contributed by atoms with Crippen molar-refractivity contribution >= 4 is 17.3 Å². The molecule has 9 heteroatoms. The fraction of sp³-hybridized carbons (Fsp3) is 0.167. The predicted octanol–water partition coefficient (Wildman–Crippen LogP) is 1.74. The van der Waals surface area contributed by atoms with Crippen molar-refractivity contribution in [3.8, 4) is 0 Å². The molecule has 2 N–H and O–H groups in total. The molecule has 0 bridgehead atoms. The van der Waals surface area contributed by atoms with Crippen LogP contribution in [0.1, 0.15) is 10.5 Å². The molecule has 2 rings (SSSR count). The monoisotopic (exact) mass is 294 g/mol. The van der Waals surface area contributed by atoms with Crippen LogP contribution in [0.2, 0.25) is 0 Å². The highest BCUT2D eigenvalue weighted by Gasteiger charge is 2.10. The van der Waals surface area contributed by atoms with Gasteiger partial charge in [0, 0.05) is 25.4 Å². The Morgan fingerprint density at radius 2 is 2.29 bits per heavy atom. The van der Waals surface area contributed by atoms with E-state index in [2.05, 4.69) is 10.3 Å². The summed E-state index contributed by atoms with van der Waals surface area (Å²) in [5.41, 5.74) is -0.255. The van der Waals surface area contributed by atoms with Gasteiger partial charge < -0.3 is 15.0 Å². The van der Waals surface area contributed by atoms with E-state index in [4.69, 9.17) is 5.11 Å². The second-order valence-electron chi connectivity index (χ2n) is 4.15. The van der Waals surface area contributed by atoms with Crippen LogP contribution in [0.4, 0.5) is 15.8 Å². The van der Waals surface area contributed by atoms with Crippen molar-refractivity contribution in [2.45, 2.75) is 6.54 Å². The molecule has 0 saturated carbocycles. The smallest absolute Gasteiger partial charge is 0.356 e. The molecule has 0 unspecified atom stereocenters. The van der Waals surface area contributed by atoms with Crippen LogP contribution in [0.5, 0.6) is 0 Å². The number of hydrogen-bond acceptors (Lipinski definition) is 5. The second-order valence-corrected chi connectivity index (χ2v) is 4.15. The summed E-state index contributed by atoms with van der Waals surface area (Å²) in [4.78, 5) is 24.1. The normalized spacial score (nSPS) is 10.3. The molecule has 110 valence electrons. The Labute approximate surface area is 118 Å². The van der Waals surface area contributed by atoms with Crippen LogP contribution >= 0.6 is 0 Å². The first-order chi connectivity index (χ1) is 9.97. The molecule has 0 fully saturated rings. The molecule has 8 nitrogen and oxygen atoms in total. The van der Waals surface area contributed by atoms with Crippen LogP contribution in [0.15, 0.2) is 30.7 Å². The summed E-state index contributed by atoms with van der Waals surface area (Å²) >= 11 is 0. The molecule has 1 heterocycles. The molecular weight excluding hydrogens is 283 g/mol. The van der Waals surface area contributed by atoms with Gasteiger partial charge in [0.2, 0.25) is 0 Å². The van der Waals surface area contributed by atoms with E-state index in [1.807, 2.05) is 0 Å². The van der Waals surface area contributed by atoms with Crippen LogP contribution in [0, 0.1) is 15.9 Å². The Balaban J connectivity index is 1.93. The zero-order chi connectivity index (χ0) is 15.4. The highest BCUT2D eigenvalue weighted by molar-refractivity contribution is 5.84. The van der Waals surface area contributed by atoms with Gasteiger partial charge in [-0.05, 0) is 6.07 Å². The predicted molar refractivity (Wildman–Crippen MR) is 70.7 cm³/mol. The van der Waals surface area contributed by atoms with Crippen molar-refractivity contribution in [2.75, 3.05) is 11.9 Å². The molecule has 21 heavy (non-hydrogen) atoms. The minimum Gasteiger partial charge on any atom is -0.476 e. The maximum atomic E-state index is 13.6. The number of hydrogen-bond donors (Lipinski definition) is 2. The number of aromatic carboxylic acids is 1. The summed E-state index contributed by atoms with van der Waals surface area (Å²) in [6.45, 7) is 0.681. The van der Waals surface area contributed by atoms with Crippen molar-refractivity contribution in [1.29, 1.82) is 0 Å². The maximum absolute atomic E-state index is 13.6. The van der Waals surface area contributed by atoms with Crippen LogP contribution < -0.4 is 5.32 Å². The van der Waals surface area contributed by atoms with E-state index in [1.165, 1.54) is 24.7 Å². The van der Waals surface area contributed by atoms with Gasteiger partial charge in [0.25, 0.3) is 5.69 Å². The summed E-state index contributed by atoms with van der Waals surface area (Å²) < 4.78 is 15.1. The van der Waals surface area contributed by atoms with E-state index < -0.39 is 16.7 Å². The molecule has 0 aliphatic rings. The van der Waals surface area contributed by atoms with Crippen LogP contribution in [-0.2, 0) is 6.54 Å². The summed E-state index contributed by atoms with van der Waals surface area (Å²) in [6.07, 6.45) is 2.72. The minimum absolute atomic E-state index is 0.0727. The number of nitro groups is 1. The van der Waals surface area contributed by atoms with E-state index in [1.54, 1.807) is 4.57 Å². The molecule has 0 aliphatic heterocycles. The van der Waals surface area contributed by atoms with Gasteiger partial charge in [0.1, 0.15) is 0 Å². The topological polar surface area (TPSA) is 110 Å². The molecule has 0 amide bonds. The van der Waals surface area contributed by atoms with Crippen molar-refractivity contribution in [3.05, 3.63) is 52.3 Å². The summed E-state index contributed by atoms with van der Waals surface area (Å²) in [5, 5.41) is 22.0. The number of carboxylic acids is 1. The number of benzene rings is 1. The molecular formula is C12H11FN4O4. The highest BCUT2D eigenvalue weighted by Crippen LogP contribution is 2.20. The van der Waals surface area contributed by atoms with E-state index in [0.717, 1.165) is 6.07 Å². The summed E-state index contributed by atoms with van der Waals surface area (Å²) in [5.74, 6) is -1.84. The number of carboxylic acid groups (broad SMARTS) is 1. The number of nitrogens with zero attached hydrogens (tertiary/aromatic N) is 3. The maximum Gasteiger partial charge on any atom is 0.356 e. The van der Waals surface area contributed by atoms with Gasteiger partial charge in [-0.3, -0.25) is 10.1 Å². The lowest BCUT2D eigenvalue weighted by molar-refractivity contribution is -0.385. The third kappa shape index (κ3) is 3.53. The first kappa shape index (κ1) is 14.4. The standard InChI is InChI=1S/C12H11FN4O4/c13-9-5-8(17(20)21)1-2-10(9)14-3-4-16-6-11(12(18)19)15-7-16/h1-2,5-7,14H,3-4H2,(H,18,19). The first-order valence-electron chi connectivity index (χ1n) is 5.90. The number of carbonyl (C=O) groups is 1. The zero-order valence-electron chi connectivity index (χ0n) is 10.7. The SMILES string of the molecule is O=C(O)c1cn(CCNc2ccc([N+](=O)[O-])cc2F)cn1. The number of nitro benzene ring substituents is 1. The Bertz CT molecular complexity index is 686. The fourth-order valence-electron chi connectivity index (χ4n) is 1.67. The number of aromatic nitrogens is 2.